The van der Waals surface area contributed by atoms with Gasteiger partial charge in [-0.2, -0.15) is 0 Å². The van der Waals surface area contributed by atoms with Crippen LogP contribution in [0.25, 0.3) is 44.2 Å². The smallest absolute Gasteiger partial charge is 0.137 e. The van der Waals surface area contributed by atoms with Gasteiger partial charge < -0.3 is 9.32 Å². The molecular formula is C52H47NO. The molecule has 1 aromatic heterocycles. The standard InChI is InChI=1S/C52H47NO/c1-2-33-29-34-13-11-14-35(30-33)52(34)44-19-7-4-16-39(44)42-31-36(24-26-45(42)52)53(47-20-12-22-49-50(47)41-17-5-8-21-48(41)54-49)37-23-25-40-38-15-3-6-18-43(38)51(46(40)32-37)27-9-10-28-51/h3-8,12,15-26,31-35H,2,9-11,13-14,27-30H2,1H3. The zero-order chi connectivity index (χ0) is 35.6. The summed E-state index contributed by atoms with van der Waals surface area (Å²) in [6.07, 6.45) is 13.1. The molecule has 2 heteroatoms. The third-order valence-corrected chi connectivity index (χ3v) is 15.2. The van der Waals surface area contributed by atoms with Crippen molar-refractivity contribution < 1.29 is 4.42 Å². The Kier molecular flexibility index (Phi) is 6.64. The Morgan fingerprint density at radius 2 is 1.22 bits per heavy atom. The lowest BCUT2D eigenvalue weighted by atomic mass is 9.49. The summed E-state index contributed by atoms with van der Waals surface area (Å²) < 4.78 is 6.54. The molecule has 3 saturated carbocycles. The average molecular weight is 702 g/mol. The third kappa shape index (κ3) is 4.02. The number of hydrogen-bond donors (Lipinski definition) is 0. The van der Waals surface area contributed by atoms with Crippen LogP contribution in [0.2, 0.25) is 0 Å². The monoisotopic (exact) mass is 701 g/mol. The number of hydrogen-bond acceptors (Lipinski definition) is 2. The van der Waals surface area contributed by atoms with E-state index >= 15 is 0 Å². The highest BCUT2D eigenvalue weighted by Crippen LogP contribution is 2.66. The van der Waals surface area contributed by atoms with Crippen molar-refractivity contribution in [3.05, 3.63) is 150 Å². The third-order valence-electron chi connectivity index (χ3n) is 15.2. The van der Waals surface area contributed by atoms with Crippen molar-refractivity contribution in [1.29, 1.82) is 0 Å². The Labute approximate surface area is 318 Å². The number of fused-ring (bicyclic) bond motifs is 11. The molecule has 1 heterocycles. The second kappa shape index (κ2) is 11.5. The van der Waals surface area contributed by atoms with Gasteiger partial charge in [0, 0.05) is 27.6 Å². The molecule has 2 unspecified atom stereocenters. The molecule has 3 fully saturated rings. The molecule has 2 nitrogen and oxygen atoms in total. The highest BCUT2D eigenvalue weighted by Gasteiger charge is 2.57. The van der Waals surface area contributed by atoms with Gasteiger partial charge in [0.1, 0.15) is 11.2 Å². The van der Waals surface area contributed by atoms with Gasteiger partial charge in [-0.05, 0) is 143 Å². The minimum atomic E-state index is 0.0975. The van der Waals surface area contributed by atoms with Crippen LogP contribution in [0.1, 0.15) is 93.4 Å². The van der Waals surface area contributed by atoms with E-state index in [1.165, 1.54) is 125 Å². The predicted octanol–water partition coefficient (Wildman–Crippen LogP) is 14.4. The van der Waals surface area contributed by atoms with Crippen molar-refractivity contribution >= 4 is 39.0 Å². The molecule has 0 aliphatic heterocycles. The van der Waals surface area contributed by atoms with E-state index in [0.717, 1.165) is 17.1 Å². The van der Waals surface area contributed by atoms with E-state index < -0.39 is 0 Å². The SMILES string of the molecule is CCC1CC2CCCC(C1)C21c2ccccc2-c2cc(N(c3ccc4c(c3)C3(CCCC3)c3ccccc3-4)c3cccc4oc5ccccc5c34)ccc21. The van der Waals surface area contributed by atoms with Crippen molar-refractivity contribution in [2.75, 3.05) is 4.90 Å². The van der Waals surface area contributed by atoms with Crippen molar-refractivity contribution in [2.24, 2.45) is 17.8 Å². The normalized spacial score (nSPS) is 24.2. The Hall–Kier alpha value is -5.08. The van der Waals surface area contributed by atoms with Gasteiger partial charge in [0.05, 0.1) is 11.1 Å². The van der Waals surface area contributed by atoms with Gasteiger partial charge in [-0.3, -0.25) is 0 Å². The first-order valence-corrected chi connectivity index (χ1v) is 20.9. The van der Waals surface area contributed by atoms with Gasteiger partial charge in [0.2, 0.25) is 0 Å². The molecule has 266 valence electrons. The molecule has 0 N–H and O–H groups in total. The number of para-hydroxylation sites is 1. The summed E-state index contributed by atoms with van der Waals surface area (Å²) in [5.74, 6) is 2.29. The van der Waals surface area contributed by atoms with E-state index in [1.807, 2.05) is 0 Å². The average Bonchev–Trinajstić information content (AvgIpc) is 3.98. The van der Waals surface area contributed by atoms with E-state index in [2.05, 4.69) is 139 Å². The number of nitrogens with zero attached hydrogens (tertiary/aromatic N) is 1. The molecule has 0 saturated heterocycles. The summed E-state index contributed by atoms with van der Waals surface area (Å²) in [6.45, 7) is 2.42. The molecule has 2 spiro atoms. The van der Waals surface area contributed by atoms with Crippen molar-refractivity contribution in [2.45, 2.75) is 82.0 Å². The van der Waals surface area contributed by atoms with Crippen LogP contribution in [0.5, 0.6) is 0 Å². The summed E-state index contributed by atoms with van der Waals surface area (Å²) in [5.41, 5.74) is 17.7. The Bertz CT molecular complexity index is 2620. The topological polar surface area (TPSA) is 16.4 Å². The van der Waals surface area contributed by atoms with E-state index in [0.29, 0.717) is 11.8 Å². The molecule has 5 aliphatic carbocycles. The van der Waals surface area contributed by atoms with Crippen LogP contribution in [-0.4, -0.2) is 0 Å². The van der Waals surface area contributed by atoms with Crippen LogP contribution in [0.15, 0.2) is 132 Å². The van der Waals surface area contributed by atoms with E-state index in [1.54, 1.807) is 11.1 Å². The Morgan fingerprint density at radius 3 is 2.04 bits per heavy atom. The largest absolute Gasteiger partial charge is 0.456 e. The molecule has 2 atom stereocenters. The number of rotatable bonds is 4. The first kappa shape index (κ1) is 31.3. The van der Waals surface area contributed by atoms with Crippen LogP contribution in [0.4, 0.5) is 17.1 Å². The van der Waals surface area contributed by atoms with Gasteiger partial charge >= 0.3 is 0 Å². The summed E-state index contributed by atoms with van der Waals surface area (Å²) >= 11 is 0. The molecule has 5 aliphatic rings. The Morgan fingerprint density at radius 1 is 0.574 bits per heavy atom. The van der Waals surface area contributed by atoms with Gasteiger partial charge in [0.15, 0.2) is 0 Å². The molecule has 0 radical (unpaired) electrons. The van der Waals surface area contributed by atoms with Gasteiger partial charge in [-0.25, -0.2) is 0 Å². The minimum absolute atomic E-state index is 0.0975. The lowest BCUT2D eigenvalue weighted by molar-refractivity contribution is 0.0492. The summed E-state index contributed by atoms with van der Waals surface area (Å²) in [6, 6.07) is 49.0. The summed E-state index contributed by atoms with van der Waals surface area (Å²) in [4.78, 5) is 2.57. The molecule has 7 aromatic rings. The maximum Gasteiger partial charge on any atom is 0.137 e. The fourth-order valence-electron chi connectivity index (χ4n) is 13.1. The van der Waals surface area contributed by atoms with Gasteiger partial charge in [-0.1, -0.05) is 118 Å². The van der Waals surface area contributed by atoms with Gasteiger partial charge in [-0.15, -0.1) is 0 Å². The quantitative estimate of drug-likeness (QED) is 0.182. The van der Waals surface area contributed by atoms with E-state index in [9.17, 15) is 0 Å². The molecule has 6 aromatic carbocycles. The van der Waals surface area contributed by atoms with Crippen LogP contribution in [0, 0.1) is 17.8 Å². The molecular weight excluding hydrogens is 655 g/mol. The van der Waals surface area contributed by atoms with Crippen molar-refractivity contribution in [1.82, 2.24) is 0 Å². The van der Waals surface area contributed by atoms with Crippen LogP contribution in [0.3, 0.4) is 0 Å². The van der Waals surface area contributed by atoms with Gasteiger partial charge in [0.25, 0.3) is 0 Å². The lowest BCUT2D eigenvalue weighted by Crippen LogP contribution is -2.49. The zero-order valence-electron chi connectivity index (χ0n) is 31.3. The Balaban J connectivity index is 1.10. The first-order valence-electron chi connectivity index (χ1n) is 20.9. The van der Waals surface area contributed by atoms with Crippen LogP contribution in [-0.2, 0) is 10.8 Å². The van der Waals surface area contributed by atoms with Crippen molar-refractivity contribution in [3.8, 4) is 22.3 Å². The highest BCUT2D eigenvalue weighted by molar-refractivity contribution is 6.13. The maximum absolute atomic E-state index is 6.54. The van der Waals surface area contributed by atoms with Crippen LogP contribution >= 0.6 is 0 Å². The molecule has 54 heavy (non-hydrogen) atoms. The number of anilines is 3. The fourth-order valence-corrected chi connectivity index (χ4v) is 13.1. The summed E-state index contributed by atoms with van der Waals surface area (Å²) in [5, 5.41) is 2.34. The fraction of sp³-hybridized carbons (Fsp3) is 0.308. The first-order chi connectivity index (χ1) is 26.7. The van der Waals surface area contributed by atoms with Crippen molar-refractivity contribution in [3.63, 3.8) is 0 Å². The molecule has 12 rings (SSSR count). The highest BCUT2D eigenvalue weighted by atomic mass is 16.3. The maximum atomic E-state index is 6.54. The number of benzene rings is 6. The zero-order valence-corrected chi connectivity index (χ0v) is 31.3. The second-order valence-electron chi connectivity index (χ2n) is 17.4. The lowest BCUT2D eigenvalue weighted by Gasteiger charge is -2.55. The molecule has 2 bridgehead atoms. The summed E-state index contributed by atoms with van der Waals surface area (Å²) in [7, 11) is 0. The van der Waals surface area contributed by atoms with Crippen LogP contribution < -0.4 is 4.90 Å². The molecule has 0 amide bonds. The predicted molar refractivity (Wildman–Crippen MR) is 223 cm³/mol. The minimum Gasteiger partial charge on any atom is -0.456 e. The van der Waals surface area contributed by atoms with E-state index in [-0.39, 0.29) is 10.8 Å². The number of furan rings is 1. The van der Waals surface area contributed by atoms with E-state index in [4.69, 9.17) is 4.42 Å². The second-order valence-corrected chi connectivity index (χ2v) is 17.4.